The number of esters is 1. The van der Waals surface area contributed by atoms with Gasteiger partial charge in [0.1, 0.15) is 0 Å². The van der Waals surface area contributed by atoms with Gasteiger partial charge in [-0.05, 0) is 24.8 Å². The second kappa shape index (κ2) is 8.45. The molecule has 0 rings (SSSR count). The van der Waals surface area contributed by atoms with Gasteiger partial charge in [0.2, 0.25) is 0 Å². The number of hydrogen-bond acceptors (Lipinski definition) is 4. The van der Waals surface area contributed by atoms with Crippen molar-refractivity contribution in [2.75, 3.05) is 20.8 Å². The van der Waals surface area contributed by atoms with Gasteiger partial charge >= 0.3 is 15.3 Å². The maximum absolute atomic E-state index is 11.3. The molecule has 0 aromatic heterocycles. The van der Waals surface area contributed by atoms with Crippen molar-refractivity contribution in [2.24, 2.45) is 5.41 Å². The van der Waals surface area contributed by atoms with Gasteiger partial charge in [0.05, 0.1) is 6.61 Å². The third-order valence-electron chi connectivity index (χ3n) is 2.76. The average Bonchev–Trinajstić information content (AvgIpc) is 2.31. The van der Waals surface area contributed by atoms with Gasteiger partial charge in [-0.3, -0.25) is 0 Å². The van der Waals surface area contributed by atoms with E-state index in [0.717, 1.165) is 18.9 Å². The van der Waals surface area contributed by atoms with Crippen molar-refractivity contribution in [1.82, 2.24) is 0 Å². The molecule has 0 N–H and O–H groups in total. The van der Waals surface area contributed by atoms with E-state index in [1.807, 2.05) is 0 Å². The van der Waals surface area contributed by atoms with Gasteiger partial charge in [0.25, 0.3) is 0 Å². The van der Waals surface area contributed by atoms with Crippen LogP contribution >= 0.6 is 0 Å². The molecule has 0 saturated heterocycles. The topological polar surface area (TPSA) is 44.8 Å². The first kappa shape index (κ1) is 17.3. The van der Waals surface area contributed by atoms with Crippen LogP contribution < -0.4 is 0 Å². The highest BCUT2D eigenvalue weighted by Crippen LogP contribution is 2.24. The predicted molar refractivity (Wildman–Crippen MR) is 74.8 cm³/mol. The molecule has 0 amide bonds. The second-order valence-electron chi connectivity index (χ2n) is 5.31. The fourth-order valence-electron chi connectivity index (χ4n) is 1.54. The van der Waals surface area contributed by atoms with E-state index in [2.05, 4.69) is 20.4 Å². The van der Waals surface area contributed by atoms with Crippen molar-refractivity contribution in [1.29, 1.82) is 0 Å². The van der Waals surface area contributed by atoms with E-state index >= 15 is 0 Å². The van der Waals surface area contributed by atoms with Gasteiger partial charge in [-0.2, -0.15) is 0 Å². The first-order valence-electron chi connectivity index (χ1n) is 6.20. The van der Waals surface area contributed by atoms with Crippen LogP contribution in [0.2, 0.25) is 6.04 Å². The molecular weight excluding hydrogens is 248 g/mol. The summed E-state index contributed by atoms with van der Waals surface area (Å²) in [5.41, 5.74) is 0.419. The Morgan fingerprint density at radius 2 is 1.83 bits per heavy atom. The summed E-state index contributed by atoms with van der Waals surface area (Å²) in [6.07, 6.45) is 2.00. The van der Waals surface area contributed by atoms with Gasteiger partial charge in [-0.15, -0.1) is 0 Å². The number of ether oxygens (including phenoxy) is 1. The Kier molecular flexibility index (Phi) is 8.14. The maximum atomic E-state index is 11.3. The van der Waals surface area contributed by atoms with E-state index in [9.17, 15) is 4.79 Å². The molecule has 18 heavy (non-hydrogen) atoms. The van der Waals surface area contributed by atoms with Gasteiger partial charge in [0, 0.05) is 19.8 Å². The van der Waals surface area contributed by atoms with Crippen molar-refractivity contribution in [3.8, 4) is 0 Å². The Morgan fingerprint density at radius 1 is 1.28 bits per heavy atom. The number of carbonyl (C=O) groups excluding carboxylic acids is 1. The van der Waals surface area contributed by atoms with E-state index in [1.54, 1.807) is 21.1 Å². The molecule has 0 bridgehead atoms. The monoisotopic (exact) mass is 274 g/mol. The lowest BCUT2D eigenvalue weighted by atomic mass is 9.89. The predicted octanol–water partition coefficient (Wildman–Crippen LogP) is 2.43. The highest BCUT2D eigenvalue weighted by molar-refractivity contribution is 6.44. The van der Waals surface area contributed by atoms with Crippen LogP contribution in [0.4, 0.5) is 0 Å². The Morgan fingerprint density at radius 3 is 2.28 bits per heavy atom. The molecule has 5 heteroatoms. The minimum atomic E-state index is -1.46. The van der Waals surface area contributed by atoms with Crippen LogP contribution in [-0.2, 0) is 18.4 Å². The molecular formula is C13H26O4Si. The fourth-order valence-corrected chi connectivity index (χ4v) is 2.74. The van der Waals surface area contributed by atoms with Crippen LogP contribution in [0.5, 0.6) is 0 Å². The van der Waals surface area contributed by atoms with Crippen LogP contribution in [0.1, 0.15) is 33.6 Å². The normalized spacial score (nSPS) is 11.7. The summed E-state index contributed by atoms with van der Waals surface area (Å²) in [7, 11) is 1.93. The van der Waals surface area contributed by atoms with Gasteiger partial charge in [-0.25, -0.2) is 4.79 Å². The third kappa shape index (κ3) is 7.63. The quantitative estimate of drug-likeness (QED) is 0.368. The zero-order chi connectivity index (χ0) is 14.2. The molecule has 0 saturated carbocycles. The minimum Gasteiger partial charge on any atom is -0.462 e. The second-order valence-corrected chi connectivity index (χ2v) is 7.69. The van der Waals surface area contributed by atoms with E-state index in [1.165, 1.54) is 0 Å². The van der Waals surface area contributed by atoms with Crippen LogP contribution in [0, 0.1) is 5.41 Å². The first-order valence-corrected chi connectivity index (χ1v) is 7.96. The lowest BCUT2D eigenvalue weighted by Crippen LogP contribution is -2.24. The molecule has 0 spiro atoms. The smallest absolute Gasteiger partial charge is 0.333 e. The summed E-state index contributed by atoms with van der Waals surface area (Å²) in [6.45, 7) is 9.82. The summed E-state index contributed by atoms with van der Waals surface area (Å²) < 4.78 is 15.7. The van der Waals surface area contributed by atoms with Crippen molar-refractivity contribution < 1.29 is 18.4 Å². The highest BCUT2D eigenvalue weighted by Gasteiger charge is 2.21. The molecule has 0 atom stereocenters. The van der Waals surface area contributed by atoms with E-state index < -0.39 is 9.28 Å². The molecule has 4 nitrogen and oxygen atoms in total. The Bertz CT molecular complexity index is 272. The zero-order valence-electron chi connectivity index (χ0n) is 12.2. The lowest BCUT2D eigenvalue weighted by Gasteiger charge is -2.24. The zero-order valence-corrected chi connectivity index (χ0v) is 13.4. The first-order chi connectivity index (χ1) is 8.32. The number of hydrogen-bond donors (Lipinski definition) is 0. The molecule has 0 aliphatic heterocycles. The third-order valence-corrected chi connectivity index (χ3v) is 4.69. The van der Waals surface area contributed by atoms with Gasteiger partial charge in [-0.1, -0.05) is 26.8 Å². The molecule has 0 unspecified atom stereocenters. The Labute approximate surface area is 112 Å². The van der Waals surface area contributed by atoms with Crippen molar-refractivity contribution in [3.05, 3.63) is 12.2 Å². The van der Waals surface area contributed by atoms with Crippen LogP contribution in [-0.4, -0.2) is 36.1 Å². The lowest BCUT2D eigenvalue weighted by molar-refractivity contribution is -0.142. The molecule has 0 aliphatic carbocycles. The maximum Gasteiger partial charge on any atom is 0.333 e. The fraction of sp³-hybridized carbons (Fsp3) is 0.769. The van der Waals surface area contributed by atoms with E-state index in [4.69, 9.17) is 13.6 Å². The molecule has 0 aromatic rings. The Hall–Kier alpha value is -0.653. The summed E-state index contributed by atoms with van der Waals surface area (Å²) in [4.78, 5) is 11.3. The van der Waals surface area contributed by atoms with Crippen LogP contribution in [0.3, 0.4) is 0 Å². The SMILES string of the molecule is C=C(C)C(=O)OCC(C)(C)CCC[SiH](OC)OC. The van der Waals surface area contributed by atoms with Gasteiger partial charge < -0.3 is 13.6 Å². The van der Waals surface area contributed by atoms with Crippen LogP contribution in [0.15, 0.2) is 12.2 Å². The highest BCUT2D eigenvalue weighted by atomic mass is 28.3. The van der Waals surface area contributed by atoms with E-state index in [-0.39, 0.29) is 11.4 Å². The van der Waals surface area contributed by atoms with Gasteiger partial charge in [0.15, 0.2) is 0 Å². The number of carbonyl (C=O) groups is 1. The molecule has 106 valence electrons. The summed E-state index contributed by atoms with van der Waals surface area (Å²) in [5.74, 6) is -0.316. The summed E-state index contributed by atoms with van der Waals surface area (Å²) in [6, 6.07) is 0.977. The van der Waals surface area contributed by atoms with Crippen molar-refractivity contribution in [2.45, 2.75) is 39.7 Å². The number of rotatable bonds is 9. The molecule has 0 heterocycles. The molecule has 0 fully saturated rings. The van der Waals surface area contributed by atoms with Crippen molar-refractivity contribution in [3.63, 3.8) is 0 Å². The summed E-state index contributed by atoms with van der Waals surface area (Å²) in [5, 5.41) is 0. The average molecular weight is 274 g/mol. The standard InChI is InChI=1S/C13H26O4Si/c1-11(2)12(14)17-10-13(3,4)8-7-9-18(15-5)16-6/h18H,1,7-10H2,2-6H3. The van der Waals surface area contributed by atoms with E-state index in [0.29, 0.717) is 12.2 Å². The largest absolute Gasteiger partial charge is 0.462 e. The molecule has 0 radical (unpaired) electrons. The Balaban J connectivity index is 3.93. The van der Waals surface area contributed by atoms with Crippen LogP contribution in [0.25, 0.3) is 0 Å². The molecule has 0 aliphatic rings. The molecule has 0 aromatic carbocycles. The summed E-state index contributed by atoms with van der Waals surface area (Å²) >= 11 is 0. The van der Waals surface area contributed by atoms with Crippen molar-refractivity contribution >= 4 is 15.3 Å². The minimum absolute atomic E-state index is 0.0223.